The Hall–Kier alpha value is -1.14. The molecule has 0 rings (SSSR count). The quantitative estimate of drug-likeness (QED) is 0.479. The Morgan fingerprint density at radius 3 is 2.54 bits per heavy atom. The molecule has 6 heteroatoms. The van der Waals surface area contributed by atoms with Crippen LogP contribution in [0.15, 0.2) is 0 Å². The van der Waals surface area contributed by atoms with Crippen LogP contribution in [0.1, 0.15) is 6.92 Å². The summed E-state index contributed by atoms with van der Waals surface area (Å²) >= 11 is 0. The van der Waals surface area contributed by atoms with Gasteiger partial charge >= 0.3 is 5.97 Å². The van der Waals surface area contributed by atoms with Crippen molar-refractivity contribution < 1.29 is 24.5 Å². The highest BCUT2D eigenvalue weighted by molar-refractivity contribution is 5.78. The third kappa shape index (κ3) is 7.23. The lowest BCUT2D eigenvalue weighted by Gasteiger charge is -2.09. The molecule has 0 heterocycles. The maximum absolute atomic E-state index is 10.9. The van der Waals surface area contributed by atoms with E-state index < -0.39 is 18.5 Å². The van der Waals surface area contributed by atoms with E-state index in [1.807, 2.05) is 0 Å². The van der Waals surface area contributed by atoms with Crippen molar-refractivity contribution in [2.75, 3.05) is 19.8 Å². The third-order valence-corrected chi connectivity index (χ3v) is 1.14. The number of rotatable bonds is 6. The second kappa shape index (κ2) is 6.38. The molecule has 0 saturated carbocycles. The van der Waals surface area contributed by atoms with E-state index in [-0.39, 0.29) is 19.3 Å². The number of ether oxygens (including phenoxy) is 1. The molecule has 0 aliphatic rings. The molecule has 6 nitrogen and oxygen atoms in total. The average Bonchev–Trinajstić information content (AvgIpc) is 2.03. The number of carboxylic acid groups (broad SMARTS) is 1. The summed E-state index contributed by atoms with van der Waals surface area (Å²) in [6.07, 6.45) is 0. The highest BCUT2D eigenvalue weighted by Gasteiger charge is 2.06. The van der Waals surface area contributed by atoms with Gasteiger partial charge in [0, 0.05) is 6.04 Å². The molecule has 76 valence electrons. The number of hydrogen-bond donors (Lipinski definition) is 3. The van der Waals surface area contributed by atoms with Gasteiger partial charge in [-0.2, -0.15) is 0 Å². The molecule has 0 aromatic carbocycles. The van der Waals surface area contributed by atoms with Crippen LogP contribution in [0.3, 0.4) is 0 Å². The Kier molecular flexibility index (Phi) is 5.82. The number of aliphatic hydroxyl groups excluding tert-OH is 1. The van der Waals surface area contributed by atoms with Gasteiger partial charge in [-0.05, 0) is 6.92 Å². The maximum Gasteiger partial charge on any atom is 0.329 e. The van der Waals surface area contributed by atoms with Crippen LogP contribution in [0.2, 0.25) is 0 Å². The topological polar surface area (TPSA) is 95.9 Å². The summed E-state index contributed by atoms with van der Waals surface area (Å²) in [5.74, 6) is -1.56. The summed E-state index contributed by atoms with van der Waals surface area (Å²) < 4.78 is 4.51. The van der Waals surface area contributed by atoms with E-state index in [0.29, 0.717) is 0 Å². The zero-order chi connectivity index (χ0) is 10.3. The second-order valence-electron chi connectivity index (χ2n) is 2.54. The van der Waals surface area contributed by atoms with Crippen molar-refractivity contribution >= 4 is 11.9 Å². The van der Waals surface area contributed by atoms with E-state index in [2.05, 4.69) is 10.1 Å². The number of carbonyl (C=O) groups is 2. The minimum absolute atomic E-state index is 0.162. The summed E-state index contributed by atoms with van der Waals surface area (Å²) in [5.41, 5.74) is 0. The van der Waals surface area contributed by atoms with Crippen molar-refractivity contribution in [3.63, 3.8) is 0 Å². The first kappa shape index (κ1) is 11.9. The van der Waals surface area contributed by atoms with Crippen molar-refractivity contribution in [3.8, 4) is 0 Å². The smallest absolute Gasteiger partial charge is 0.329 e. The van der Waals surface area contributed by atoms with Gasteiger partial charge in [-0.3, -0.25) is 4.79 Å². The molecule has 0 fully saturated rings. The predicted octanol–water partition coefficient (Wildman–Crippen LogP) is -1.42. The summed E-state index contributed by atoms with van der Waals surface area (Å²) in [6.45, 7) is 0.650. The molecular formula is C7H13NO5. The Bertz CT molecular complexity index is 182. The van der Waals surface area contributed by atoms with Crippen LogP contribution >= 0.6 is 0 Å². The molecule has 0 saturated heterocycles. The Morgan fingerprint density at radius 1 is 1.46 bits per heavy atom. The molecule has 0 aromatic rings. The van der Waals surface area contributed by atoms with Crippen molar-refractivity contribution in [1.82, 2.24) is 5.32 Å². The normalized spacial score (nSPS) is 12.2. The van der Waals surface area contributed by atoms with Gasteiger partial charge < -0.3 is 20.3 Å². The standard InChI is InChI=1S/C7H13NO5/c1-5(2-9)8-6(10)3-13-4-7(11)12/h5,9H,2-4H2,1H3,(H,8,10)(H,11,12)/t5-/m0/s1. The Labute approximate surface area is 75.5 Å². The van der Waals surface area contributed by atoms with Crippen LogP contribution in [0.5, 0.6) is 0 Å². The van der Waals surface area contributed by atoms with E-state index in [9.17, 15) is 9.59 Å². The molecule has 0 aromatic heterocycles. The fourth-order valence-electron chi connectivity index (χ4n) is 0.593. The van der Waals surface area contributed by atoms with Crippen LogP contribution in [0, 0.1) is 0 Å². The number of carboxylic acids is 1. The van der Waals surface area contributed by atoms with Gasteiger partial charge in [-0.15, -0.1) is 0 Å². The summed E-state index contributed by atoms with van der Waals surface area (Å²) in [4.78, 5) is 20.8. The molecule has 0 aliphatic heterocycles. The minimum Gasteiger partial charge on any atom is -0.480 e. The van der Waals surface area contributed by atoms with Gasteiger partial charge in [0.2, 0.25) is 5.91 Å². The van der Waals surface area contributed by atoms with Crippen molar-refractivity contribution in [1.29, 1.82) is 0 Å². The lowest BCUT2D eigenvalue weighted by molar-refractivity contribution is -0.143. The SMILES string of the molecule is C[C@@H](CO)NC(=O)COCC(=O)O. The third-order valence-electron chi connectivity index (χ3n) is 1.14. The Balaban J connectivity index is 3.46. The second-order valence-corrected chi connectivity index (χ2v) is 2.54. The molecule has 0 radical (unpaired) electrons. The number of amides is 1. The lowest BCUT2D eigenvalue weighted by Crippen LogP contribution is -2.37. The zero-order valence-corrected chi connectivity index (χ0v) is 7.32. The average molecular weight is 191 g/mol. The lowest BCUT2D eigenvalue weighted by atomic mass is 10.3. The molecular weight excluding hydrogens is 178 g/mol. The fraction of sp³-hybridized carbons (Fsp3) is 0.714. The minimum atomic E-state index is -1.12. The van der Waals surface area contributed by atoms with Crippen molar-refractivity contribution in [2.24, 2.45) is 0 Å². The number of hydrogen-bond acceptors (Lipinski definition) is 4. The number of carbonyl (C=O) groups excluding carboxylic acids is 1. The molecule has 0 spiro atoms. The monoisotopic (exact) mass is 191 g/mol. The number of nitrogens with one attached hydrogen (secondary N) is 1. The molecule has 13 heavy (non-hydrogen) atoms. The summed E-state index contributed by atoms with van der Waals surface area (Å²) in [5, 5.41) is 19.1. The largest absolute Gasteiger partial charge is 0.480 e. The van der Waals surface area contributed by atoms with Gasteiger partial charge in [0.1, 0.15) is 13.2 Å². The highest BCUT2D eigenvalue weighted by atomic mass is 16.5. The van der Waals surface area contributed by atoms with Gasteiger partial charge in [-0.1, -0.05) is 0 Å². The number of aliphatic hydroxyl groups is 1. The molecule has 0 aliphatic carbocycles. The van der Waals surface area contributed by atoms with E-state index >= 15 is 0 Å². The molecule has 0 bridgehead atoms. The van der Waals surface area contributed by atoms with E-state index in [0.717, 1.165) is 0 Å². The summed E-state index contributed by atoms with van der Waals surface area (Å²) in [7, 11) is 0. The first-order chi connectivity index (χ1) is 6.06. The predicted molar refractivity (Wildman–Crippen MR) is 43.1 cm³/mol. The summed E-state index contributed by atoms with van der Waals surface area (Å²) in [6, 6.07) is -0.346. The van der Waals surface area contributed by atoms with Gasteiger partial charge in [-0.25, -0.2) is 4.79 Å². The van der Waals surface area contributed by atoms with Crippen LogP contribution in [-0.4, -0.2) is 48.0 Å². The van der Waals surface area contributed by atoms with Crippen LogP contribution < -0.4 is 5.32 Å². The van der Waals surface area contributed by atoms with E-state index in [1.165, 1.54) is 0 Å². The van der Waals surface area contributed by atoms with Crippen LogP contribution in [0.25, 0.3) is 0 Å². The van der Waals surface area contributed by atoms with Gasteiger partial charge in [0.25, 0.3) is 0 Å². The zero-order valence-electron chi connectivity index (χ0n) is 7.32. The van der Waals surface area contributed by atoms with E-state index in [1.54, 1.807) is 6.92 Å². The number of aliphatic carboxylic acids is 1. The van der Waals surface area contributed by atoms with E-state index in [4.69, 9.17) is 10.2 Å². The van der Waals surface area contributed by atoms with Crippen molar-refractivity contribution in [3.05, 3.63) is 0 Å². The fourth-order valence-corrected chi connectivity index (χ4v) is 0.593. The first-order valence-corrected chi connectivity index (χ1v) is 3.76. The Morgan fingerprint density at radius 2 is 2.08 bits per heavy atom. The molecule has 0 unspecified atom stereocenters. The van der Waals surface area contributed by atoms with Crippen LogP contribution in [-0.2, 0) is 14.3 Å². The van der Waals surface area contributed by atoms with Gasteiger partial charge in [0.05, 0.1) is 6.61 Å². The van der Waals surface area contributed by atoms with Crippen LogP contribution in [0.4, 0.5) is 0 Å². The highest BCUT2D eigenvalue weighted by Crippen LogP contribution is 1.80. The van der Waals surface area contributed by atoms with Gasteiger partial charge in [0.15, 0.2) is 0 Å². The first-order valence-electron chi connectivity index (χ1n) is 3.76. The molecule has 3 N–H and O–H groups in total. The molecule has 1 atom stereocenters. The molecule has 1 amide bonds. The maximum atomic E-state index is 10.9. The van der Waals surface area contributed by atoms with Crippen molar-refractivity contribution in [2.45, 2.75) is 13.0 Å².